The number of nitrogens with two attached hydrogens (primary N) is 1. The molecule has 1 unspecified atom stereocenters. The van der Waals surface area contributed by atoms with Crippen LogP contribution in [0.15, 0.2) is 18.2 Å². The average molecular weight is 357 g/mol. The molecule has 0 radical (unpaired) electrons. The fraction of sp³-hybridized carbons (Fsp3) is 0.632. The van der Waals surface area contributed by atoms with Gasteiger partial charge in [0.05, 0.1) is 12.1 Å². The molecule has 0 spiro atoms. The Bertz CT molecular complexity index is 520. The number of ether oxygens (including phenoxy) is 1. The number of halogens is 1. The second-order valence-corrected chi connectivity index (χ2v) is 6.90. The molecule has 0 fully saturated rings. The van der Waals surface area contributed by atoms with Gasteiger partial charge in [-0.1, -0.05) is 26.0 Å². The Labute approximate surface area is 152 Å². The number of nitrogens with one attached hydrogen (secondary N) is 1. The van der Waals surface area contributed by atoms with Crippen molar-refractivity contribution < 1.29 is 9.53 Å². The summed E-state index contributed by atoms with van der Waals surface area (Å²) in [6.07, 6.45) is 2.19. The van der Waals surface area contributed by atoms with Crippen molar-refractivity contribution in [2.75, 3.05) is 13.2 Å². The Kier molecular flexibility index (Phi) is 10.0. The lowest BCUT2D eigenvalue weighted by Gasteiger charge is -2.33. The first kappa shape index (κ1) is 22.7. The largest absolute Gasteiger partial charge is 0.493 e. The molecule has 4 nitrogen and oxygen atoms in total. The zero-order valence-electron chi connectivity index (χ0n) is 15.6. The molecule has 3 N–H and O–H groups in total. The molecule has 0 bridgehead atoms. The van der Waals surface area contributed by atoms with Gasteiger partial charge in [0.15, 0.2) is 0 Å². The topological polar surface area (TPSA) is 64.3 Å². The van der Waals surface area contributed by atoms with Crippen LogP contribution in [0.1, 0.15) is 51.2 Å². The maximum Gasteiger partial charge on any atom is 0.220 e. The van der Waals surface area contributed by atoms with Gasteiger partial charge in [-0.2, -0.15) is 0 Å². The van der Waals surface area contributed by atoms with E-state index in [1.807, 2.05) is 13.8 Å². The summed E-state index contributed by atoms with van der Waals surface area (Å²) in [5.74, 6) is 1.31. The first-order valence-electron chi connectivity index (χ1n) is 8.49. The van der Waals surface area contributed by atoms with E-state index in [1.165, 1.54) is 5.56 Å². The third kappa shape index (κ3) is 7.10. The predicted molar refractivity (Wildman–Crippen MR) is 103 cm³/mol. The molecule has 1 aromatic carbocycles. The minimum atomic E-state index is -0.327. The number of hydrogen-bond donors (Lipinski definition) is 2. The van der Waals surface area contributed by atoms with Crippen molar-refractivity contribution in [2.45, 2.75) is 59.4 Å². The third-order valence-corrected chi connectivity index (χ3v) is 4.52. The Morgan fingerprint density at radius 1 is 1.29 bits per heavy atom. The smallest absolute Gasteiger partial charge is 0.220 e. The fourth-order valence-electron chi connectivity index (χ4n) is 2.24. The quantitative estimate of drug-likeness (QED) is 0.662. The van der Waals surface area contributed by atoms with Crippen molar-refractivity contribution in [3.63, 3.8) is 0 Å². The number of carbonyl (C=O) groups is 1. The molecule has 138 valence electrons. The van der Waals surface area contributed by atoms with Crippen LogP contribution >= 0.6 is 12.4 Å². The van der Waals surface area contributed by atoms with E-state index in [4.69, 9.17) is 10.5 Å². The normalized spacial score (nSPS) is 13.1. The molecule has 0 aliphatic rings. The number of unbranched alkanes of at least 4 members (excludes halogenated alkanes) is 1. The number of carbonyl (C=O) groups excluding carboxylic acids is 1. The molecule has 0 aliphatic carbocycles. The summed E-state index contributed by atoms with van der Waals surface area (Å²) >= 11 is 0. The molecule has 0 saturated heterocycles. The molecule has 1 rings (SSSR count). The van der Waals surface area contributed by atoms with Crippen LogP contribution in [0.5, 0.6) is 5.75 Å². The molecule has 1 atom stereocenters. The number of aryl methyl sites for hydroxylation is 2. The summed E-state index contributed by atoms with van der Waals surface area (Å²) < 4.78 is 5.81. The number of amides is 1. The maximum absolute atomic E-state index is 12.0. The first-order chi connectivity index (χ1) is 10.8. The number of hydrogen-bond acceptors (Lipinski definition) is 3. The number of rotatable bonds is 9. The van der Waals surface area contributed by atoms with Gasteiger partial charge in [-0.25, -0.2) is 0 Å². The second kappa shape index (κ2) is 10.6. The Morgan fingerprint density at radius 2 is 1.96 bits per heavy atom. The predicted octanol–water partition coefficient (Wildman–Crippen LogP) is 3.76. The maximum atomic E-state index is 12.0. The van der Waals surface area contributed by atoms with E-state index in [0.717, 1.165) is 24.2 Å². The van der Waals surface area contributed by atoms with Gasteiger partial charge >= 0.3 is 0 Å². The van der Waals surface area contributed by atoms with Crippen LogP contribution in [0.4, 0.5) is 0 Å². The molecule has 0 aliphatic heterocycles. The fourth-order valence-corrected chi connectivity index (χ4v) is 2.24. The van der Waals surface area contributed by atoms with E-state index in [2.05, 4.69) is 44.3 Å². The van der Waals surface area contributed by atoms with Crippen molar-refractivity contribution in [1.29, 1.82) is 0 Å². The van der Waals surface area contributed by atoms with E-state index in [-0.39, 0.29) is 23.9 Å². The minimum absolute atomic E-state index is 0. The van der Waals surface area contributed by atoms with Crippen molar-refractivity contribution in [1.82, 2.24) is 5.32 Å². The highest BCUT2D eigenvalue weighted by Gasteiger charge is 2.28. The van der Waals surface area contributed by atoms with Crippen molar-refractivity contribution in [2.24, 2.45) is 11.7 Å². The number of benzene rings is 1. The molecule has 24 heavy (non-hydrogen) atoms. The highest BCUT2D eigenvalue weighted by Crippen LogP contribution is 2.19. The Balaban J connectivity index is 0.00000529. The van der Waals surface area contributed by atoms with Crippen LogP contribution in [-0.4, -0.2) is 24.6 Å². The summed E-state index contributed by atoms with van der Waals surface area (Å²) in [6, 6.07) is 6.20. The van der Waals surface area contributed by atoms with Crippen LogP contribution in [-0.2, 0) is 4.79 Å². The Hall–Kier alpha value is -1.26. The molecule has 0 saturated carbocycles. The molecule has 1 aromatic rings. The molecule has 0 aromatic heterocycles. The van der Waals surface area contributed by atoms with Crippen molar-refractivity contribution in [3.05, 3.63) is 29.3 Å². The third-order valence-electron chi connectivity index (χ3n) is 4.52. The molecule has 5 heteroatoms. The Morgan fingerprint density at radius 3 is 2.54 bits per heavy atom. The van der Waals surface area contributed by atoms with E-state index >= 15 is 0 Å². The summed E-state index contributed by atoms with van der Waals surface area (Å²) in [4.78, 5) is 12.0. The van der Waals surface area contributed by atoms with Gasteiger partial charge in [-0.3, -0.25) is 4.79 Å². The van der Waals surface area contributed by atoms with Crippen molar-refractivity contribution >= 4 is 18.3 Å². The molecule has 1 amide bonds. The first-order valence-corrected chi connectivity index (χ1v) is 8.49. The summed E-state index contributed by atoms with van der Waals surface area (Å²) in [5, 5.41) is 3.06. The summed E-state index contributed by atoms with van der Waals surface area (Å²) in [7, 11) is 0. The van der Waals surface area contributed by atoms with Crippen LogP contribution in [0.2, 0.25) is 0 Å². The van der Waals surface area contributed by atoms with Crippen molar-refractivity contribution in [3.8, 4) is 5.75 Å². The zero-order chi connectivity index (χ0) is 17.5. The molecular formula is C19H33ClN2O2. The standard InChI is InChI=1S/C19H32N2O2.ClH/c1-14(2)19(5,13-20)21-18(22)8-6-7-11-23-17-12-15(3)9-10-16(17)4;/h9-10,12,14H,6-8,11,13,20H2,1-5H3,(H,21,22);1H. The zero-order valence-corrected chi connectivity index (χ0v) is 16.5. The SMILES string of the molecule is Cc1ccc(C)c(OCCCCC(=O)NC(C)(CN)C(C)C)c1.Cl. The van der Waals surface area contributed by atoms with Gasteiger partial charge in [0.1, 0.15) is 5.75 Å². The van der Waals surface area contributed by atoms with Gasteiger partial charge in [0.25, 0.3) is 0 Å². The lowest BCUT2D eigenvalue weighted by molar-refractivity contribution is -0.123. The van der Waals surface area contributed by atoms with Gasteiger partial charge in [0.2, 0.25) is 5.91 Å². The lowest BCUT2D eigenvalue weighted by atomic mass is 9.88. The monoisotopic (exact) mass is 356 g/mol. The molecular weight excluding hydrogens is 324 g/mol. The summed E-state index contributed by atoms with van der Waals surface area (Å²) in [6.45, 7) is 11.3. The van der Waals surface area contributed by atoms with Gasteiger partial charge < -0.3 is 15.8 Å². The highest BCUT2D eigenvalue weighted by molar-refractivity contribution is 5.85. The summed E-state index contributed by atoms with van der Waals surface area (Å²) in [5.41, 5.74) is 7.80. The van der Waals surface area contributed by atoms with Crippen LogP contribution in [0.25, 0.3) is 0 Å². The van der Waals surface area contributed by atoms with E-state index < -0.39 is 0 Å². The lowest BCUT2D eigenvalue weighted by Crippen LogP contribution is -2.54. The van der Waals surface area contributed by atoms with Crippen LogP contribution in [0.3, 0.4) is 0 Å². The van der Waals surface area contributed by atoms with E-state index in [9.17, 15) is 4.79 Å². The van der Waals surface area contributed by atoms with E-state index in [1.54, 1.807) is 0 Å². The van der Waals surface area contributed by atoms with Gasteiger partial charge in [-0.15, -0.1) is 12.4 Å². The minimum Gasteiger partial charge on any atom is -0.493 e. The van der Waals surface area contributed by atoms with Crippen LogP contribution < -0.4 is 15.8 Å². The highest BCUT2D eigenvalue weighted by atomic mass is 35.5. The average Bonchev–Trinajstić information content (AvgIpc) is 2.49. The van der Waals surface area contributed by atoms with Gasteiger partial charge in [0, 0.05) is 13.0 Å². The second-order valence-electron chi connectivity index (χ2n) is 6.90. The van der Waals surface area contributed by atoms with Gasteiger partial charge in [-0.05, 0) is 56.7 Å². The molecule has 0 heterocycles. The van der Waals surface area contributed by atoms with Crippen LogP contribution in [0, 0.1) is 19.8 Å². The van der Waals surface area contributed by atoms with E-state index in [0.29, 0.717) is 25.5 Å².